The molecule has 0 aliphatic heterocycles. The summed E-state index contributed by atoms with van der Waals surface area (Å²) in [5.41, 5.74) is 3.19. The Hall–Kier alpha value is -2.96. The SMILES string of the molecule is Cc1ccc(-c2csc3ncn(C(C)C(=O)Nc4ccccc4Cl)c(=O)c23)cc1. The molecule has 0 saturated heterocycles. The third-order valence-electron chi connectivity index (χ3n) is 4.81. The lowest BCUT2D eigenvalue weighted by atomic mass is 10.0. The second-order valence-corrected chi connectivity index (χ2v) is 8.06. The zero-order valence-corrected chi connectivity index (χ0v) is 17.4. The van der Waals surface area contributed by atoms with E-state index in [0.29, 0.717) is 20.9 Å². The van der Waals surface area contributed by atoms with Crippen molar-refractivity contribution in [1.82, 2.24) is 9.55 Å². The Morgan fingerprint density at radius 2 is 1.90 bits per heavy atom. The molecular formula is C22H18ClN3O2S. The van der Waals surface area contributed by atoms with Crippen molar-refractivity contribution in [3.8, 4) is 11.1 Å². The van der Waals surface area contributed by atoms with Gasteiger partial charge in [0.15, 0.2) is 0 Å². The van der Waals surface area contributed by atoms with E-state index < -0.39 is 6.04 Å². The summed E-state index contributed by atoms with van der Waals surface area (Å²) in [4.78, 5) is 31.0. The summed E-state index contributed by atoms with van der Waals surface area (Å²) >= 11 is 7.54. The van der Waals surface area contributed by atoms with Crippen LogP contribution in [0.1, 0.15) is 18.5 Å². The summed E-state index contributed by atoms with van der Waals surface area (Å²) < 4.78 is 1.36. The van der Waals surface area contributed by atoms with Crippen molar-refractivity contribution < 1.29 is 4.79 Å². The van der Waals surface area contributed by atoms with Crippen molar-refractivity contribution in [2.75, 3.05) is 5.32 Å². The van der Waals surface area contributed by atoms with E-state index in [9.17, 15) is 9.59 Å². The second-order valence-electron chi connectivity index (χ2n) is 6.80. The molecule has 0 aliphatic rings. The first-order valence-electron chi connectivity index (χ1n) is 9.06. The highest BCUT2D eigenvalue weighted by Crippen LogP contribution is 2.31. The van der Waals surface area contributed by atoms with Crippen molar-refractivity contribution in [3.05, 3.63) is 81.2 Å². The second kappa shape index (κ2) is 7.81. The molecule has 1 unspecified atom stereocenters. The molecule has 7 heteroatoms. The Kier molecular flexibility index (Phi) is 5.22. The van der Waals surface area contributed by atoms with Crippen molar-refractivity contribution in [2.24, 2.45) is 0 Å². The van der Waals surface area contributed by atoms with Gasteiger partial charge in [-0.2, -0.15) is 0 Å². The first-order chi connectivity index (χ1) is 14.0. The number of para-hydroxylation sites is 1. The third kappa shape index (κ3) is 3.69. The number of nitrogens with one attached hydrogen (secondary N) is 1. The van der Waals surface area contributed by atoms with Crippen LogP contribution in [0.3, 0.4) is 0 Å². The zero-order chi connectivity index (χ0) is 20.5. The molecule has 0 radical (unpaired) electrons. The average Bonchev–Trinajstić information content (AvgIpc) is 3.15. The lowest BCUT2D eigenvalue weighted by molar-refractivity contribution is -0.118. The van der Waals surface area contributed by atoms with Crippen LogP contribution in [0.5, 0.6) is 0 Å². The number of nitrogens with zero attached hydrogens (tertiary/aromatic N) is 2. The van der Waals surface area contributed by atoms with Crippen LogP contribution >= 0.6 is 22.9 Å². The minimum atomic E-state index is -0.749. The Bertz CT molecular complexity index is 1260. The lowest BCUT2D eigenvalue weighted by Gasteiger charge is -2.15. The number of amides is 1. The highest BCUT2D eigenvalue weighted by atomic mass is 35.5. The van der Waals surface area contributed by atoms with E-state index in [1.165, 1.54) is 22.2 Å². The van der Waals surface area contributed by atoms with Gasteiger partial charge in [0.25, 0.3) is 5.56 Å². The van der Waals surface area contributed by atoms with Gasteiger partial charge in [-0.1, -0.05) is 53.6 Å². The molecule has 4 rings (SSSR count). The molecule has 0 spiro atoms. The molecule has 2 aromatic heterocycles. The fourth-order valence-electron chi connectivity index (χ4n) is 3.09. The minimum absolute atomic E-state index is 0.242. The Labute approximate surface area is 176 Å². The van der Waals surface area contributed by atoms with Crippen LogP contribution in [0.15, 0.2) is 65.0 Å². The number of hydrogen-bond donors (Lipinski definition) is 1. The van der Waals surface area contributed by atoms with Gasteiger partial charge in [0.1, 0.15) is 10.9 Å². The van der Waals surface area contributed by atoms with Gasteiger partial charge in [-0.25, -0.2) is 4.98 Å². The van der Waals surface area contributed by atoms with Crippen LogP contribution in [-0.2, 0) is 4.79 Å². The number of benzene rings is 2. The molecule has 0 fully saturated rings. The standard InChI is InChI=1S/C22H18ClN3O2S/c1-13-7-9-15(10-8-13)16-11-29-21-19(16)22(28)26(12-24-21)14(2)20(27)25-18-6-4-3-5-17(18)23/h3-12,14H,1-2H3,(H,25,27). The molecule has 5 nitrogen and oxygen atoms in total. The largest absolute Gasteiger partial charge is 0.323 e. The molecule has 0 saturated carbocycles. The van der Waals surface area contributed by atoms with Gasteiger partial charge in [-0.3, -0.25) is 14.2 Å². The van der Waals surface area contributed by atoms with E-state index in [1.54, 1.807) is 31.2 Å². The lowest BCUT2D eigenvalue weighted by Crippen LogP contribution is -2.31. The molecule has 1 amide bonds. The summed E-state index contributed by atoms with van der Waals surface area (Å²) in [5.74, 6) is -0.339. The van der Waals surface area contributed by atoms with Crippen molar-refractivity contribution in [3.63, 3.8) is 0 Å². The first kappa shape index (κ1) is 19.4. The molecule has 1 atom stereocenters. The molecule has 0 bridgehead atoms. The monoisotopic (exact) mass is 423 g/mol. The highest BCUT2D eigenvalue weighted by Gasteiger charge is 2.21. The third-order valence-corrected chi connectivity index (χ3v) is 6.03. The van der Waals surface area contributed by atoms with Crippen LogP contribution in [0.25, 0.3) is 21.3 Å². The van der Waals surface area contributed by atoms with Gasteiger partial charge in [-0.05, 0) is 31.5 Å². The number of halogens is 1. The number of aryl methyl sites for hydroxylation is 1. The van der Waals surface area contributed by atoms with Crippen LogP contribution in [0.4, 0.5) is 5.69 Å². The number of thiophene rings is 1. The minimum Gasteiger partial charge on any atom is -0.323 e. The average molecular weight is 424 g/mol. The molecule has 2 heterocycles. The summed E-state index contributed by atoms with van der Waals surface area (Å²) in [7, 11) is 0. The normalized spacial score (nSPS) is 12.1. The molecule has 146 valence electrons. The predicted octanol–water partition coefficient (Wildman–Crippen LogP) is 5.29. The summed E-state index contributed by atoms with van der Waals surface area (Å²) in [6.07, 6.45) is 1.43. The van der Waals surface area contributed by atoms with Crippen LogP contribution in [0, 0.1) is 6.92 Å². The first-order valence-corrected chi connectivity index (χ1v) is 10.3. The number of aromatic nitrogens is 2. The summed E-state index contributed by atoms with van der Waals surface area (Å²) in [6, 6.07) is 14.2. The van der Waals surface area contributed by atoms with Gasteiger partial charge >= 0.3 is 0 Å². The van der Waals surface area contributed by atoms with E-state index in [0.717, 1.165) is 16.7 Å². The number of hydrogen-bond acceptors (Lipinski definition) is 4. The summed E-state index contributed by atoms with van der Waals surface area (Å²) in [5, 5.41) is 5.67. The Morgan fingerprint density at radius 3 is 2.62 bits per heavy atom. The van der Waals surface area contributed by atoms with Gasteiger partial charge < -0.3 is 5.32 Å². The van der Waals surface area contributed by atoms with E-state index in [4.69, 9.17) is 11.6 Å². The maximum atomic E-state index is 13.2. The van der Waals surface area contributed by atoms with Gasteiger partial charge in [0, 0.05) is 10.9 Å². The molecule has 0 aliphatic carbocycles. The van der Waals surface area contributed by atoms with Crippen molar-refractivity contribution in [2.45, 2.75) is 19.9 Å². The maximum Gasteiger partial charge on any atom is 0.263 e. The van der Waals surface area contributed by atoms with E-state index >= 15 is 0 Å². The number of fused-ring (bicyclic) bond motifs is 1. The van der Waals surface area contributed by atoms with Crippen molar-refractivity contribution in [1.29, 1.82) is 0 Å². The van der Waals surface area contributed by atoms with Crippen molar-refractivity contribution >= 4 is 44.7 Å². The van der Waals surface area contributed by atoms with Gasteiger partial charge in [0.05, 0.1) is 22.4 Å². The topological polar surface area (TPSA) is 64.0 Å². The van der Waals surface area contributed by atoms with Crippen LogP contribution < -0.4 is 10.9 Å². The molecule has 2 aromatic carbocycles. The zero-order valence-electron chi connectivity index (χ0n) is 15.8. The number of anilines is 1. The Balaban J connectivity index is 1.72. The fraction of sp³-hybridized carbons (Fsp3) is 0.136. The van der Waals surface area contributed by atoms with E-state index in [2.05, 4.69) is 10.3 Å². The van der Waals surface area contributed by atoms with Crippen LogP contribution in [-0.4, -0.2) is 15.5 Å². The Morgan fingerprint density at radius 1 is 1.17 bits per heavy atom. The number of carbonyl (C=O) groups excluding carboxylic acids is 1. The molecular weight excluding hydrogens is 406 g/mol. The van der Waals surface area contributed by atoms with Crippen LogP contribution in [0.2, 0.25) is 5.02 Å². The summed E-state index contributed by atoms with van der Waals surface area (Å²) in [6.45, 7) is 3.68. The fourth-order valence-corrected chi connectivity index (χ4v) is 4.18. The smallest absolute Gasteiger partial charge is 0.263 e. The number of rotatable bonds is 4. The highest BCUT2D eigenvalue weighted by molar-refractivity contribution is 7.17. The van der Waals surface area contributed by atoms with E-state index in [1.807, 2.05) is 36.6 Å². The van der Waals surface area contributed by atoms with Gasteiger partial charge in [-0.15, -0.1) is 11.3 Å². The maximum absolute atomic E-state index is 13.2. The molecule has 29 heavy (non-hydrogen) atoms. The predicted molar refractivity (Wildman–Crippen MR) is 119 cm³/mol. The van der Waals surface area contributed by atoms with Gasteiger partial charge in [0.2, 0.25) is 5.91 Å². The number of carbonyl (C=O) groups is 1. The molecule has 1 N–H and O–H groups in total. The quantitative estimate of drug-likeness (QED) is 0.485. The van der Waals surface area contributed by atoms with E-state index in [-0.39, 0.29) is 11.5 Å². The molecule has 4 aromatic rings.